The largest absolute Gasteiger partial charge is 0.465 e. The zero-order valence-electron chi connectivity index (χ0n) is 7.28. The molecule has 0 radical (unpaired) electrons. The second-order valence-electron chi connectivity index (χ2n) is 3.71. The molecule has 1 atom stereocenters. The Morgan fingerprint density at radius 2 is 2.25 bits per heavy atom. The van der Waals surface area contributed by atoms with Crippen LogP contribution in [-0.2, 0) is 4.79 Å². The van der Waals surface area contributed by atoms with Gasteiger partial charge in [-0.2, -0.15) is 0 Å². The number of carbonyl (C=O) groups is 2. The molecule has 0 aromatic heterocycles. The van der Waals surface area contributed by atoms with Gasteiger partial charge in [-0.15, -0.1) is 0 Å². The van der Waals surface area contributed by atoms with Crippen LogP contribution in [0.1, 0.15) is 26.7 Å². The molecule has 1 amide bonds. The molecule has 1 N–H and O–H groups in total. The summed E-state index contributed by atoms with van der Waals surface area (Å²) in [5.74, 6) is 0. The smallest absolute Gasteiger partial charge is 0.408 e. The molecule has 0 bridgehead atoms. The van der Waals surface area contributed by atoms with Gasteiger partial charge in [0.15, 0.2) is 0 Å². The summed E-state index contributed by atoms with van der Waals surface area (Å²) in [6.45, 7) is 3.68. The quantitative estimate of drug-likeness (QED) is 0.601. The van der Waals surface area contributed by atoms with E-state index in [-0.39, 0.29) is 0 Å². The van der Waals surface area contributed by atoms with Crippen LogP contribution in [-0.4, -0.2) is 34.0 Å². The average Bonchev–Trinajstić information content (AvgIpc) is 2.24. The molecule has 0 spiro atoms. The van der Waals surface area contributed by atoms with Crippen LogP contribution in [0.2, 0.25) is 0 Å². The predicted molar refractivity (Wildman–Crippen MR) is 43.0 cm³/mol. The van der Waals surface area contributed by atoms with Crippen LogP contribution in [0.15, 0.2) is 0 Å². The molecule has 4 nitrogen and oxygen atoms in total. The molecule has 0 unspecified atom stereocenters. The van der Waals surface area contributed by atoms with E-state index in [1.807, 2.05) is 13.8 Å². The zero-order chi connectivity index (χ0) is 9.35. The van der Waals surface area contributed by atoms with E-state index in [1.54, 1.807) is 0 Å². The van der Waals surface area contributed by atoms with Gasteiger partial charge in [-0.3, -0.25) is 4.90 Å². The molecular weight excluding hydrogens is 158 g/mol. The highest BCUT2D eigenvalue weighted by Crippen LogP contribution is 2.32. The summed E-state index contributed by atoms with van der Waals surface area (Å²) in [6, 6.07) is -0.447. The monoisotopic (exact) mass is 171 g/mol. The van der Waals surface area contributed by atoms with E-state index in [9.17, 15) is 9.59 Å². The summed E-state index contributed by atoms with van der Waals surface area (Å²) < 4.78 is 0. The summed E-state index contributed by atoms with van der Waals surface area (Å²) in [5, 5.41) is 8.82. The molecule has 1 aliphatic heterocycles. The number of carbonyl (C=O) groups excluding carboxylic acids is 1. The van der Waals surface area contributed by atoms with Gasteiger partial charge in [0.1, 0.15) is 6.29 Å². The minimum atomic E-state index is -1.00. The first-order chi connectivity index (χ1) is 5.49. The van der Waals surface area contributed by atoms with Crippen LogP contribution in [0.4, 0.5) is 4.79 Å². The Morgan fingerprint density at radius 1 is 1.67 bits per heavy atom. The number of nitrogens with zero attached hydrogens (tertiary/aromatic N) is 1. The summed E-state index contributed by atoms with van der Waals surface area (Å²) in [5.41, 5.74) is -0.391. The molecule has 0 aromatic carbocycles. The lowest BCUT2D eigenvalue weighted by Gasteiger charge is -2.31. The van der Waals surface area contributed by atoms with Crippen molar-refractivity contribution in [1.29, 1.82) is 0 Å². The lowest BCUT2D eigenvalue weighted by Crippen LogP contribution is -2.46. The van der Waals surface area contributed by atoms with Gasteiger partial charge >= 0.3 is 6.09 Å². The number of aldehydes is 1. The molecule has 4 heteroatoms. The Hall–Kier alpha value is -1.06. The zero-order valence-corrected chi connectivity index (χ0v) is 7.28. The first-order valence-corrected chi connectivity index (χ1v) is 3.96. The molecule has 0 saturated carbocycles. The van der Waals surface area contributed by atoms with Crippen LogP contribution in [0.3, 0.4) is 0 Å². The van der Waals surface area contributed by atoms with Gasteiger partial charge in [-0.1, -0.05) is 0 Å². The molecule has 1 rings (SSSR count). The molecule has 1 saturated heterocycles. The van der Waals surface area contributed by atoms with Gasteiger partial charge in [-0.25, -0.2) is 4.79 Å². The van der Waals surface area contributed by atoms with Gasteiger partial charge in [0.2, 0.25) is 0 Å². The van der Waals surface area contributed by atoms with Crippen molar-refractivity contribution in [2.75, 3.05) is 0 Å². The van der Waals surface area contributed by atoms with E-state index in [0.717, 1.165) is 6.42 Å². The second-order valence-corrected chi connectivity index (χ2v) is 3.71. The number of rotatable bonds is 1. The van der Waals surface area contributed by atoms with Crippen molar-refractivity contribution in [3.8, 4) is 0 Å². The Kier molecular flexibility index (Phi) is 2.08. The fourth-order valence-corrected chi connectivity index (χ4v) is 1.73. The van der Waals surface area contributed by atoms with Gasteiger partial charge in [0.25, 0.3) is 0 Å². The Bertz CT molecular complexity index is 212. The Morgan fingerprint density at radius 3 is 2.58 bits per heavy atom. The predicted octanol–water partition coefficient (Wildman–Crippen LogP) is 1.11. The number of carboxylic acid groups (broad SMARTS) is 1. The van der Waals surface area contributed by atoms with Gasteiger partial charge in [0.05, 0.1) is 6.04 Å². The summed E-state index contributed by atoms with van der Waals surface area (Å²) in [7, 11) is 0. The SMILES string of the molecule is CC1(C)CC[C@H](C=O)N1C(=O)O. The van der Waals surface area contributed by atoms with Crippen LogP contribution < -0.4 is 0 Å². The summed E-state index contributed by atoms with van der Waals surface area (Å²) in [4.78, 5) is 22.5. The van der Waals surface area contributed by atoms with Crippen LogP contribution in [0.25, 0.3) is 0 Å². The van der Waals surface area contributed by atoms with Gasteiger partial charge < -0.3 is 9.90 Å². The summed E-state index contributed by atoms with van der Waals surface area (Å²) >= 11 is 0. The third-order valence-electron chi connectivity index (χ3n) is 2.40. The lowest BCUT2D eigenvalue weighted by molar-refractivity contribution is -0.111. The van der Waals surface area contributed by atoms with Crippen LogP contribution >= 0.6 is 0 Å². The lowest BCUT2D eigenvalue weighted by atomic mass is 10.0. The molecular formula is C8H13NO3. The van der Waals surface area contributed by atoms with Crippen molar-refractivity contribution in [2.45, 2.75) is 38.3 Å². The van der Waals surface area contributed by atoms with E-state index in [0.29, 0.717) is 12.7 Å². The van der Waals surface area contributed by atoms with Crippen molar-refractivity contribution in [3.63, 3.8) is 0 Å². The highest BCUT2D eigenvalue weighted by Gasteiger charge is 2.42. The van der Waals surface area contributed by atoms with Crippen molar-refractivity contribution in [1.82, 2.24) is 4.90 Å². The fourth-order valence-electron chi connectivity index (χ4n) is 1.73. The topological polar surface area (TPSA) is 57.6 Å². The first-order valence-electron chi connectivity index (χ1n) is 3.96. The number of hydrogen-bond acceptors (Lipinski definition) is 2. The second kappa shape index (κ2) is 2.77. The number of amides is 1. The van der Waals surface area contributed by atoms with Crippen LogP contribution in [0, 0.1) is 0 Å². The van der Waals surface area contributed by atoms with Crippen molar-refractivity contribution in [2.24, 2.45) is 0 Å². The maximum Gasteiger partial charge on any atom is 0.408 e. The minimum absolute atomic E-state index is 0.391. The molecule has 68 valence electrons. The van der Waals surface area contributed by atoms with Crippen molar-refractivity contribution >= 4 is 12.4 Å². The average molecular weight is 171 g/mol. The third kappa shape index (κ3) is 1.29. The molecule has 0 aromatic rings. The molecule has 1 fully saturated rings. The molecule has 1 heterocycles. The molecule has 0 aliphatic carbocycles. The van der Waals surface area contributed by atoms with Crippen molar-refractivity contribution < 1.29 is 14.7 Å². The highest BCUT2D eigenvalue weighted by atomic mass is 16.4. The first kappa shape index (κ1) is 9.03. The fraction of sp³-hybridized carbons (Fsp3) is 0.750. The van der Waals surface area contributed by atoms with E-state index in [4.69, 9.17) is 5.11 Å². The van der Waals surface area contributed by atoms with Crippen molar-refractivity contribution in [3.05, 3.63) is 0 Å². The molecule has 1 aliphatic rings. The van der Waals surface area contributed by atoms with Crippen LogP contribution in [0.5, 0.6) is 0 Å². The normalized spacial score (nSPS) is 27.2. The molecule has 12 heavy (non-hydrogen) atoms. The van der Waals surface area contributed by atoms with E-state index in [2.05, 4.69) is 0 Å². The maximum atomic E-state index is 10.8. The van der Waals surface area contributed by atoms with Gasteiger partial charge in [0, 0.05) is 5.54 Å². The van der Waals surface area contributed by atoms with E-state index in [1.165, 1.54) is 4.90 Å². The minimum Gasteiger partial charge on any atom is -0.465 e. The third-order valence-corrected chi connectivity index (χ3v) is 2.40. The Labute approximate surface area is 71.2 Å². The Balaban J connectivity index is 2.87. The standard InChI is InChI=1S/C8H13NO3/c1-8(2)4-3-6(5-10)9(8)7(11)12/h5-6H,3-4H2,1-2H3,(H,11,12)/t6-/m1/s1. The summed E-state index contributed by atoms with van der Waals surface area (Å²) in [6.07, 6.45) is 1.10. The van der Waals surface area contributed by atoms with E-state index < -0.39 is 17.7 Å². The number of likely N-dealkylation sites (tertiary alicyclic amines) is 1. The van der Waals surface area contributed by atoms with Gasteiger partial charge in [-0.05, 0) is 26.7 Å². The number of hydrogen-bond donors (Lipinski definition) is 1. The van der Waals surface area contributed by atoms with E-state index >= 15 is 0 Å². The maximum absolute atomic E-state index is 10.8. The highest BCUT2D eigenvalue weighted by molar-refractivity contribution is 5.73.